The highest BCUT2D eigenvalue weighted by Crippen LogP contribution is 2.22. The molecule has 5 heteroatoms. The molecule has 0 N–H and O–H groups in total. The van der Waals surface area contributed by atoms with E-state index in [-0.39, 0.29) is 5.82 Å². The molecular formula is C14H8N3O2. The predicted octanol–water partition coefficient (Wildman–Crippen LogP) is 2.01. The second-order valence-corrected chi connectivity index (χ2v) is 4.09. The van der Waals surface area contributed by atoms with Gasteiger partial charge in [-0.15, -0.1) is 0 Å². The number of para-hydroxylation sites is 2. The minimum Gasteiger partial charge on any atom is -0.710 e. The summed E-state index contributed by atoms with van der Waals surface area (Å²) in [7, 11) is 0. The lowest BCUT2D eigenvalue weighted by molar-refractivity contribution is -0.567. The maximum atomic E-state index is 12.2. The van der Waals surface area contributed by atoms with E-state index in [4.69, 9.17) is 5.26 Å². The van der Waals surface area contributed by atoms with Gasteiger partial charge in [0, 0.05) is 4.73 Å². The number of benzene rings is 2. The van der Waals surface area contributed by atoms with Crippen molar-refractivity contribution in [3.8, 4) is 17.5 Å². The Kier molecular flexibility index (Phi) is 2.36. The number of nitrogens with zero attached hydrogens (tertiary/aromatic N) is 3. The van der Waals surface area contributed by atoms with Crippen LogP contribution in [0.15, 0.2) is 48.5 Å². The minimum atomic E-state index is -0.0155. The SMILES string of the molecule is N#Cc1cccc(-c2n([O])c3ccccc3[n+]2[O-])c1. The third-order valence-electron chi connectivity index (χ3n) is 2.95. The van der Waals surface area contributed by atoms with Crippen LogP contribution in [-0.2, 0) is 5.21 Å². The van der Waals surface area contributed by atoms with Crippen molar-refractivity contribution in [1.29, 1.82) is 5.26 Å². The molecule has 3 rings (SSSR count). The summed E-state index contributed by atoms with van der Waals surface area (Å²) < 4.78 is 1.19. The Morgan fingerprint density at radius 1 is 1.16 bits per heavy atom. The third kappa shape index (κ3) is 1.58. The summed E-state index contributed by atoms with van der Waals surface area (Å²) in [6.07, 6.45) is 0. The van der Waals surface area contributed by atoms with Crippen molar-refractivity contribution in [2.75, 3.05) is 0 Å². The van der Waals surface area contributed by atoms with Gasteiger partial charge in [0.05, 0.1) is 17.2 Å². The fraction of sp³-hybridized carbons (Fsp3) is 0. The van der Waals surface area contributed by atoms with Crippen molar-refractivity contribution in [3.63, 3.8) is 0 Å². The van der Waals surface area contributed by atoms with Gasteiger partial charge in [-0.25, -0.2) is 4.73 Å². The van der Waals surface area contributed by atoms with Crippen molar-refractivity contribution >= 4 is 11.0 Å². The number of imidazole rings is 1. The molecule has 0 aliphatic carbocycles. The van der Waals surface area contributed by atoms with E-state index in [0.29, 0.717) is 31.6 Å². The van der Waals surface area contributed by atoms with Crippen molar-refractivity contribution in [3.05, 3.63) is 59.3 Å². The highest BCUT2D eigenvalue weighted by molar-refractivity contribution is 5.75. The van der Waals surface area contributed by atoms with Gasteiger partial charge < -0.3 is 5.21 Å². The van der Waals surface area contributed by atoms with Crippen LogP contribution in [0.25, 0.3) is 22.4 Å². The number of hydrogen-bond donors (Lipinski definition) is 0. The van der Waals surface area contributed by atoms with Gasteiger partial charge >= 0.3 is 5.82 Å². The van der Waals surface area contributed by atoms with Gasteiger partial charge in [0.2, 0.25) is 5.52 Å². The molecule has 0 amide bonds. The van der Waals surface area contributed by atoms with E-state index in [2.05, 4.69) is 0 Å². The quantitative estimate of drug-likeness (QED) is 0.489. The normalized spacial score (nSPS) is 10.5. The molecule has 1 heterocycles. The Morgan fingerprint density at radius 3 is 2.68 bits per heavy atom. The molecule has 3 aromatic rings. The summed E-state index contributed by atoms with van der Waals surface area (Å²) in [6, 6.07) is 15.0. The summed E-state index contributed by atoms with van der Waals surface area (Å²) >= 11 is 0. The summed E-state index contributed by atoms with van der Waals surface area (Å²) in [5.74, 6) is -0.0155. The zero-order valence-corrected chi connectivity index (χ0v) is 9.78. The van der Waals surface area contributed by atoms with E-state index in [1.807, 2.05) is 6.07 Å². The first-order valence-electron chi connectivity index (χ1n) is 5.63. The van der Waals surface area contributed by atoms with Crippen molar-refractivity contribution < 1.29 is 9.94 Å². The smallest absolute Gasteiger partial charge is 0.337 e. The first kappa shape index (κ1) is 11.1. The highest BCUT2D eigenvalue weighted by Gasteiger charge is 2.24. The lowest BCUT2D eigenvalue weighted by Gasteiger charge is -2.02. The molecule has 0 aliphatic rings. The van der Waals surface area contributed by atoms with E-state index in [0.717, 1.165) is 0 Å². The molecule has 0 saturated carbocycles. The number of nitriles is 1. The zero-order chi connectivity index (χ0) is 13.4. The Morgan fingerprint density at radius 2 is 1.95 bits per heavy atom. The van der Waals surface area contributed by atoms with Crippen LogP contribution in [-0.4, -0.2) is 4.73 Å². The fourth-order valence-corrected chi connectivity index (χ4v) is 2.08. The number of fused-ring (bicyclic) bond motifs is 1. The molecule has 0 fully saturated rings. The predicted molar refractivity (Wildman–Crippen MR) is 67.1 cm³/mol. The Labute approximate surface area is 108 Å². The van der Waals surface area contributed by atoms with Crippen LogP contribution in [0.3, 0.4) is 0 Å². The van der Waals surface area contributed by atoms with Gasteiger partial charge in [-0.3, -0.25) is 0 Å². The number of hydrogen-bond acceptors (Lipinski definition) is 2. The second kappa shape index (κ2) is 4.03. The standard InChI is InChI=1S/C14H8N3O2/c15-9-10-4-3-5-11(8-10)14-16(18)12-6-1-2-7-13(12)17(14)19/h1-8H. The molecule has 0 saturated heterocycles. The lowest BCUT2D eigenvalue weighted by Crippen LogP contribution is -2.27. The van der Waals surface area contributed by atoms with Gasteiger partial charge in [0.1, 0.15) is 0 Å². The molecule has 0 spiro atoms. The monoisotopic (exact) mass is 250 g/mol. The average molecular weight is 250 g/mol. The van der Waals surface area contributed by atoms with Crippen LogP contribution in [0.5, 0.6) is 0 Å². The third-order valence-corrected chi connectivity index (χ3v) is 2.95. The summed E-state index contributed by atoms with van der Waals surface area (Å²) in [4.78, 5) is 0. The first-order valence-corrected chi connectivity index (χ1v) is 5.63. The van der Waals surface area contributed by atoms with E-state index >= 15 is 0 Å². The van der Waals surface area contributed by atoms with Gasteiger partial charge in [0.25, 0.3) is 0 Å². The van der Waals surface area contributed by atoms with E-state index < -0.39 is 0 Å². The Bertz CT molecular complexity index is 776. The fourth-order valence-electron chi connectivity index (χ4n) is 2.08. The average Bonchev–Trinajstić information content (AvgIpc) is 2.72. The van der Waals surface area contributed by atoms with Crippen LogP contribution >= 0.6 is 0 Å². The maximum Gasteiger partial charge on any atom is 0.337 e. The van der Waals surface area contributed by atoms with Crippen LogP contribution < -0.4 is 4.73 Å². The minimum absolute atomic E-state index is 0.0155. The summed E-state index contributed by atoms with van der Waals surface area (Å²) in [5, 5.41) is 33.2. The summed E-state index contributed by atoms with van der Waals surface area (Å²) in [5.41, 5.74) is 1.47. The van der Waals surface area contributed by atoms with E-state index in [9.17, 15) is 10.4 Å². The van der Waals surface area contributed by atoms with Gasteiger partial charge in [-0.1, -0.05) is 23.4 Å². The number of aromatic nitrogens is 2. The zero-order valence-electron chi connectivity index (χ0n) is 9.78. The van der Waals surface area contributed by atoms with Crippen molar-refractivity contribution in [2.45, 2.75) is 0 Å². The Balaban J connectivity index is 2.34. The molecule has 1 aromatic heterocycles. The molecule has 2 aromatic carbocycles. The van der Waals surface area contributed by atoms with Crippen molar-refractivity contribution in [1.82, 2.24) is 4.73 Å². The van der Waals surface area contributed by atoms with Crippen LogP contribution in [0.1, 0.15) is 5.56 Å². The van der Waals surface area contributed by atoms with Gasteiger partial charge in [-0.2, -0.15) is 5.26 Å². The highest BCUT2D eigenvalue weighted by atomic mass is 16.5. The molecule has 91 valence electrons. The molecule has 19 heavy (non-hydrogen) atoms. The first-order chi connectivity index (χ1) is 9.22. The van der Waals surface area contributed by atoms with Gasteiger partial charge in [0.15, 0.2) is 5.52 Å². The van der Waals surface area contributed by atoms with Crippen LogP contribution in [0.4, 0.5) is 0 Å². The summed E-state index contributed by atoms with van der Waals surface area (Å²) in [6.45, 7) is 0. The molecule has 0 unspecified atom stereocenters. The topological polar surface area (TPSA) is 75.6 Å². The van der Waals surface area contributed by atoms with E-state index in [1.165, 1.54) is 6.07 Å². The molecule has 0 bridgehead atoms. The molecule has 0 atom stereocenters. The lowest BCUT2D eigenvalue weighted by atomic mass is 10.1. The molecule has 0 aliphatic heterocycles. The number of rotatable bonds is 1. The molecule has 5 nitrogen and oxygen atoms in total. The van der Waals surface area contributed by atoms with Crippen LogP contribution in [0, 0.1) is 16.5 Å². The maximum absolute atomic E-state index is 12.2. The van der Waals surface area contributed by atoms with Gasteiger partial charge in [-0.05, 0) is 30.3 Å². The molecule has 1 radical (unpaired) electrons. The van der Waals surface area contributed by atoms with Crippen molar-refractivity contribution in [2.24, 2.45) is 0 Å². The largest absolute Gasteiger partial charge is 0.710 e. The van der Waals surface area contributed by atoms with Crippen LogP contribution in [0.2, 0.25) is 0 Å². The Hall–Kier alpha value is -3.00. The molecular weight excluding hydrogens is 242 g/mol. The van der Waals surface area contributed by atoms with E-state index in [1.54, 1.807) is 42.5 Å². The second-order valence-electron chi connectivity index (χ2n) is 4.09.